The van der Waals surface area contributed by atoms with E-state index in [0.717, 1.165) is 19.3 Å². The van der Waals surface area contributed by atoms with Crippen molar-refractivity contribution >= 4 is 21.7 Å². The van der Waals surface area contributed by atoms with Crippen LogP contribution in [0.1, 0.15) is 38.7 Å². The maximum Gasteiger partial charge on any atom is 0.140 e. The van der Waals surface area contributed by atoms with Crippen molar-refractivity contribution < 1.29 is 9.18 Å². The van der Waals surface area contributed by atoms with E-state index in [9.17, 15) is 9.18 Å². The van der Waals surface area contributed by atoms with Crippen LogP contribution in [0.2, 0.25) is 0 Å². The minimum absolute atomic E-state index is 0.0723. The molecule has 1 aliphatic rings. The molecule has 1 atom stereocenters. The Labute approximate surface area is 116 Å². The Morgan fingerprint density at radius 2 is 2.22 bits per heavy atom. The van der Waals surface area contributed by atoms with Crippen molar-refractivity contribution in [3.8, 4) is 0 Å². The van der Waals surface area contributed by atoms with Gasteiger partial charge in [-0.1, -0.05) is 42.3 Å². The van der Waals surface area contributed by atoms with E-state index in [1.165, 1.54) is 6.07 Å². The molecule has 1 nitrogen and oxygen atoms in total. The number of hydrogen-bond donors (Lipinski definition) is 0. The second kappa shape index (κ2) is 5.12. The van der Waals surface area contributed by atoms with Crippen LogP contribution in [0.4, 0.5) is 4.39 Å². The molecule has 18 heavy (non-hydrogen) atoms. The number of halogens is 2. The summed E-state index contributed by atoms with van der Waals surface area (Å²) in [5.74, 6) is -0.0344. The van der Waals surface area contributed by atoms with Gasteiger partial charge in [0.2, 0.25) is 0 Å². The van der Waals surface area contributed by atoms with Crippen LogP contribution in [0.15, 0.2) is 22.7 Å². The molecule has 0 heterocycles. The Hall–Kier alpha value is -0.700. The first-order valence-corrected chi connectivity index (χ1v) is 7.16. The summed E-state index contributed by atoms with van der Waals surface area (Å²) in [6.45, 7) is 4.28. The summed E-state index contributed by atoms with van der Waals surface area (Å²) in [6, 6.07) is 4.90. The zero-order valence-electron chi connectivity index (χ0n) is 10.8. The van der Waals surface area contributed by atoms with Crippen LogP contribution in [0.25, 0.3) is 0 Å². The van der Waals surface area contributed by atoms with E-state index >= 15 is 0 Å². The lowest BCUT2D eigenvalue weighted by atomic mass is 9.78. The highest BCUT2D eigenvalue weighted by atomic mass is 79.9. The van der Waals surface area contributed by atoms with Crippen molar-refractivity contribution in [1.82, 2.24) is 0 Å². The maximum absolute atomic E-state index is 13.7. The van der Waals surface area contributed by atoms with Gasteiger partial charge in [0.25, 0.3) is 0 Å². The summed E-state index contributed by atoms with van der Waals surface area (Å²) < 4.78 is 14.4. The second-order valence-electron chi connectivity index (χ2n) is 5.81. The lowest BCUT2D eigenvalue weighted by molar-refractivity contribution is -0.124. The molecule has 0 bridgehead atoms. The topological polar surface area (TPSA) is 17.1 Å². The fourth-order valence-corrected chi connectivity index (χ4v) is 3.23. The van der Waals surface area contributed by atoms with E-state index in [1.807, 2.05) is 0 Å². The van der Waals surface area contributed by atoms with Gasteiger partial charge in [-0.15, -0.1) is 0 Å². The first-order chi connectivity index (χ1) is 8.40. The second-order valence-corrected chi connectivity index (χ2v) is 6.73. The molecule has 0 N–H and O–H groups in total. The molecule has 3 heteroatoms. The molecule has 1 unspecified atom stereocenters. The average Bonchev–Trinajstić information content (AvgIpc) is 2.62. The highest BCUT2D eigenvalue weighted by Gasteiger charge is 2.38. The molecule has 0 amide bonds. The highest BCUT2D eigenvalue weighted by molar-refractivity contribution is 9.10. The van der Waals surface area contributed by atoms with Crippen molar-refractivity contribution in [2.24, 2.45) is 11.3 Å². The molecule has 1 fully saturated rings. The summed E-state index contributed by atoms with van der Waals surface area (Å²) in [7, 11) is 0. The van der Waals surface area contributed by atoms with Crippen LogP contribution < -0.4 is 0 Å². The van der Waals surface area contributed by atoms with Crippen molar-refractivity contribution in [3.05, 3.63) is 34.1 Å². The lowest BCUT2D eigenvalue weighted by Crippen LogP contribution is -2.27. The third kappa shape index (κ3) is 2.82. The third-order valence-corrected chi connectivity index (χ3v) is 4.52. The highest BCUT2D eigenvalue weighted by Crippen LogP contribution is 2.43. The van der Waals surface area contributed by atoms with Crippen LogP contribution in [-0.4, -0.2) is 5.78 Å². The van der Waals surface area contributed by atoms with Crippen LogP contribution >= 0.6 is 15.9 Å². The van der Waals surface area contributed by atoms with E-state index in [0.29, 0.717) is 10.0 Å². The molecule has 1 aliphatic carbocycles. The number of hydrogen-bond acceptors (Lipinski definition) is 1. The summed E-state index contributed by atoms with van der Waals surface area (Å²) in [5.41, 5.74) is 0.578. The standard InChI is InChI=1S/C15H18BrFO/c1-15(2)7-3-4-12(15)14(18)8-10-5-6-11(16)9-13(10)17/h5-6,9,12H,3-4,7-8H2,1-2H3. The Balaban J connectivity index is 2.12. The van der Waals surface area contributed by atoms with Gasteiger partial charge in [-0.2, -0.15) is 0 Å². The summed E-state index contributed by atoms with van der Waals surface area (Å²) in [5, 5.41) is 0. The molecule has 98 valence electrons. The zero-order chi connectivity index (χ0) is 13.3. The third-order valence-electron chi connectivity index (χ3n) is 4.03. The molecule has 2 rings (SSSR count). The van der Waals surface area contributed by atoms with Crippen molar-refractivity contribution in [2.45, 2.75) is 39.5 Å². The van der Waals surface area contributed by atoms with E-state index in [1.54, 1.807) is 12.1 Å². The lowest BCUT2D eigenvalue weighted by Gasteiger charge is -2.25. The van der Waals surface area contributed by atoms with Gasteiger partial charge in [-0.05, 0) is 36.0 Å². The number of rotatable bonds is 3. The van der Waals surface area contributed by atoms with Crippen molar-refractivity contribution in [1.29, 1.82) is 0 Å². The smallest absolute Gasteiger partial charge is 0.140 e. The largest absolute Gasteiger partial charge is 0.299 e. The molecule has 0 saturated heterocycles. The number of carbonyl (C=O) groups excluding carboxylic acids is 1. The van der Waals surface area contributed by atoms with E-state index in [2.05, 4.69) is 29.8 Å². The average molecular weight is 313 g/mol. The Kier molecular flexibility index (Phi) is 3.90. The minimum atomic E-state index is -0.298. The quantitative estimate of drug-likeness (QED) is 0.801. The van der Waals surface area contributed by atoms with Gasteiger partial charge in [-0.25, -0.2) is 4.39 Å². The van der Waals surface area contributed by atoms with Crippen molar-refractivity contribution in [2.75, 3.05) is 0 Å². The molecular weight excluding hydrogens is 295 g/mol. The summed E-state index contributed by atoms with van der Waals surface area (Å²) in [4.78, 5) is 12.3. The van der Waals surface area contributed by atoms with Gasteiger partial charge in [-0.3, -0.25) is 4.79 Å². The van der Waals surface area contributed by atoms with Gasteiger partial charge < -0.3 is 0 Å². The molecule has 0 aromatic heterocycles. The normalized spacial score (nSPS) is 22.1. The van der Waals surface area contributed by atoms with Crippen LogP contribution in [-0.2, 0) is 11.2 Å². The van der Waals surface area contributed by atoms with Crippen LogP contribution in [0.3, 0.4) is 0 Å². The maximum atomic E-state index is 13.7. The first-order valence-electron chi connectivity index (χ1n) is 6.37. The number of ketones is 1. The molecule has 1 aromatic carbocycles. The van der Waals surface area contributed by atoms with Crippen LogP contribution in [0, 0.1) is 17.2 Å². The summed E-state index contributed by atoms with van der Waals surface area (Å²) in [6.07, 6.45) is 3.36. The Morgan fingerprint density at radius 1 is 1.50 bits per heavy atom. The van der Waals surface area contributed by atoms with Gasteiger partial charge in [0, 0.05) is 16.8 Å². The van der Waals surface area contributed by atoms with Gasteiger partial charge in [0.15, 0.2) is 0 Å². The molecule has 0 radical (unpaired) electrons. The molecule has 1 aromatic rings. The SMILES string of the molecule is CC1(C)CCCC1C(=O)Cc1ccc(Br)cc1F. The Morgan fingerprint density at radius 3 is 2.78 bits per heavy atom. The van der Waals surface area contributed by atoms with Gasteiger partial charge in [0.1, 0.15) is 11.6 Å². The zero-order valence-corrected chi connectivity index (χ0v) is 12.4. The van der Waals surface area contributed by atoms with E-state index in [-0.39, 0.29) is 29.4 Å². The number of carbonyl (C=O) groups is 1. The summed E-state index contributed by atoms with van der Waals surface area (Å²) >= 11 is 3.22. The molecule has 1 saturated carbocycles. The Bertz CT molecular complexity index is 468. The predicted molar refractivity (Wildman–Crippen MR) is 73.9 cm³/mol. The number of Topliss-reactive ketones (excluding diaryl/α,β-unsaturated/α-hetero) is 1. The monoisotopic (exact) mass is 312 g/mol. The van der Waals surface area contributed by atoms with Gasteiger partial charge in [0.05, 0.1) is 0 Å². The fourth-order valence-electron chi connectivity index (χ4n) is 2.90. The number of benzene rings is 1. The molecule has 0 spiro atoms. The van der Waals surface area contributed by atoms with Crippen molar-refractivity contribution in [3.63, 3.8) is 0 Å². The minimum Gasteiger partial charge on any atom is -0.299 e. The van der Waals surface area contributed by atoms with Crippen LogP contribution in [0.5, 0.6) is 0 Å². The van der Waals surface area contributed by atoms with Gasteiger partial charge >= 0.3 is 0 Å². The molecular formula is C15H18BrFO. The fraction of sp³-hybridized carbons (Fsp3) is 0.533. The van der Waals surface area contributed by atoms with E-state index < -0.39 is 0 Å². The van der Waals surface area contributed by atoms with E-state index in [4.69, 9.17) is 0 Å². The predicted octanol–water partition coefficient (Wildman–Crippen LogP) is 4.53. The first kappa shape index (κ1) is 13.7. The molecule has 0 aliphatic heterocycles.